The first kappa shape index (κ1) is 13.4. The molecule has 1 aromatic heterocycles. The lowest BCUT2D eigenvalue weighted by atomic mass is 10.1. The summed E-state index contributed by atoms with van der Waals surface area (Å²) in [6, 6.07) is 18.0. The molecule has 0 unspecified atom stereocenters. The Morgan fingerprint density at radius 2 is 1.18 bits per heavy atom. The van der Waals surface area contributed by atoms with Crippen LogP contribution in [0.5, 0.6) is 0 Å². The van der Waals surface area contributed by atoms with Crippen molar-refractivity contribution in [1.29, 1.82) is 0 Å². The predicted octanol–water partition coefficient (Wildman–Crippen LogP) is 6.32. The molecule has 0 bridgehead atoms. The van der Waals surface area contributed by atoms with Crippen LogP contribution >= 0.6 is 10.5 Å². The lowest BCUT2D eigenvalue weighted by Gasteiger charge is -1.94. The van der Waals surface area contributed by atoms with Gasteiger partial charge in [-0.3, -0.25) is 0 Å². The summed E-state index contributed by atoms with van der Waals surface area (Å²) >= 11 is 0. The van der Waals surface area contributed by atoms with Crippen molar-refractivity contribution < 1.29 is 8.78 Å². The van der Waals surface area contributed by atoms with Crippen molar-refractivity contribution in [1.82, 2.24) is 0 Å². The first-order valence-electron chi connectivity index (χ1n) is 7.04. The predicted molar refractivity (Wildman–Crippen MR) is 89.9 cm³/mol. The van der Waals surface area contributed by atoms with Gasteiger partial charge in [-0.2, -0.15) is 0 Å². The number of hydrogen-bond donors (Lipinski definition) is 0. The maximum absolute atomic E-state index is 13.6. The zero-order valence-corrected chi connectivity index (χ0v) is 12.8. The van der Waals surface area contributed by atoms with Crippen LogP contribution in [-0.4, -0.2) is 0 Å². The maximum Gasteiger partial charge on any atom is 0.187 e. The van der Waals surface area contributed by atoms with E-state index in [1.165, 1.54) is 34.7 Å². The van der Waals surface area contributed by atoms with Crippen LogP contribution in [0.2, 0.25) is 0 Å². The first-order valence-corrected chi connectivity index (χ1v) is 8.26. The summed E-state index contributed by atoms with van der Waals surface area (Å²) in [5.41, 5.74) is 1.20. The van der Waals surface area contributed by atoms with E-state index < -0.39 is 0 Å². The maximum atomic E-state index is 13.6. The highest BCUT2D eigenvalue weighted by molar-refractivity contribution is 7.50. The molecule has 1 heterocycles. The molecule has 108 valence electrons. The lowest BCUT2D eigenvalue weighted by Crippen LogP contribution is -1.74. The van der Waals surface area contributed by atoms with Crippen LogP contribution in [0.3, 0.4) is 0 Å². The number of benzene rings is 3. The highest BCUT2D eigenvalue weighted by Gasteiger charge is 2.24. The third-order valence-corrected chi connectivity index (χ3v) is 6.21. The molecule has 0 atom stereocenters. The third kappa shape index (κ3) is 2.01. The molecule has 0 spiro atoms. The third-order valence-electron chi connectivity index (χ3n) is 3.87. The molecule has 0 radical (unpaired) electrons. The van der Waals surface area contributed by atoms with Crippen molar-refractivity contribution in [2.24, 2.45) is 0 Å². The SMILES string of the molecule is Cc1ccc(-[s+]2c3ccc(F)cc3c3cc(F)ccc32)cc1. The smallest absolute Gasteiger partial charge is 0.187 e. The quantitative estimate of drug-likeness (QED) is 0.361. The Bertz CT molecular complexity index is 938. The fourth-order valence-electron chi connectivity index (χ4n) is 2.83. The van der Waals surface area contributed by atoms with Crippen LogP contribution in [0.25, 0.3) is 25.1 Å². The van der Waals surface area contributed by atoms with E-state index in [2.05, 4.69) is 24.3 Å². The summed E-state index contributed by atoms with van der Waals surface area (Å²) in [6.07, 6.45) is 0. The molecule has 4 aromatic rings. The summed E-state index contributed by atoms with van der Waals surface area (Å²) in [4.78, 5) is 1.17. The minimum absolute atomic E-state index is 0.289. The van der Waals surface area contributed by atoms with Crippen LogP contribution < -0.4 is 0 Å². The standard InChI is InChI=1S/C19H13F2S/c1-12-2-6-15(7-3-12)22-18-8-4-13(20)10-16(18)17-11-14(21)5-9-19(17)22/h2-11H,1H3/q+1. The Hall–Kier alpha value is -2.26. The Labute approximate surface area is 129 Å². The molecule has 0 saturated carbocycles. The fraction of sp³-hybridized carbons (Fsp3) is 0.0526. The molecule has 0 fully saturated rings. The molecule has 0 aliphatic carbocycles. The van der Waals surface area contributed by atoms with Crippen molar-refractivity contribution in [2.75, 3.05) is 0 Å². The molecular formula is C19H13F2S+. The highest BCUT2D eigenvalue weighted by Crippen LogP contribution is 2.48. The average Bonchev–Trinajstić information content (AvgIpc) is 2.81. The number of halogens is 2. The van der Waals surface area contributed by atoms with Gasteiger partial charge in [-0.15, -0.1) is 0 Å². The van der Waals surface area contributed by atoms with Crippen LogP contribution in [-0.2, 0) is 0 Å². The molecule has 3 heteroatoms. The summed E-state index contributed by atoms with van der Waals surface area (Å²) in [6.45, 7) is 2.05. The number of aryl methyl sites for hydroxylation is 1. The van der Waals surface area contributed by atoms with E-state index in [0.717, 1.165) is 20.2 Å². The lowest BCUT2D eigenvalue weighted by molar-refractivity contribution is 0.628. The molecule has 0 nitrogen and oxygen atoms in total. The Morgan fingerprint density at radius 1 is 0.682 bits per heavy atom. The van der Waals surface area contributed by atoms with E-state index in [0.29, 0.717) is 0 Å². The fourth-order valence-corrected chi connectivity index (χ4v) is 5.17. The number of thiophene rings is 1. The van der Waals surface area contributed by atoms with Crippen LogP contribution in [0.1, 0.15) is 5.56 Å². The van der Waals surface area contributed by atoms with Gasteiger partial charge in [0.1, 0.15) is 11.6 Å². The van der Waals surface area contributed by atoms with E-state index in [-0.39, 0.29) is 22.1 Å². The minimum Gasteiger partial charge on any atom is -0.207 e. The number of hydrogen-bond acceptors (Lipinski definition) is 0. The van der Waals surface area contributed by atoms with Crippen molar-refractivity contribution in [2.45, 2.75) is 6.92 Å². The largest absolute Gasteiger partial charge is 0.207 e. The van der Waals surface area contributed by atoms with E-state index in [1.807, 2.05) is 19.1 Å². The Balaban J connectivity index is 2.17. The second kappa shape index (κ2) is 4.89. The molecule has 0 amide bonds. The van der Waals surface area contributed by atoms with Gasteiger partial charge in [0.15, 0.2) is 14.3 Å². The van der Waals surface area contributed by atoms with Gasteiger partial charge in [-0.25, -0.2) is 8.78 Å². The van der Waals surface area contributed by atoms with E-state index in [9.17, 15) is 8.78 Å². The van der Waals surface area contributed by atoms with Crippen molar-refractivity contribution in [3.05, 3.63) is 77.9 Å². The Kier molecular flexibility index (Phi) is 2.98. The molecule has 22 heavy (non-hydrogen) atoms. The summed E-state index contributed by atoms with van der Waals surface area (Å²) in [5, 5.41) is 1.61. The van der Waals surface area contributed by atoms with Crippen LogP contribution in [0.15, 0.2) is 60.7 Å². The number of rotatable bonds is 1. The molecule has 0 saturated heterocycles. The highest BCUT2D eigenvalue weighted by atomic mass is 32.2. The topological polar surface area (TPSA) is 0 Å². The van der Waals surface area contributed by atoms with Gasteiger partial charge in [0.2, 0.25) is 0 Å². The van der Waals surface area contributed by atoms with Gasteiger partial charge >= 0.3 is 0 Å². The normalized spacial score (nSPS) is 11.4. The summed E-state index contributed by atoms with van der Waals surface area (Å²) < 4.78 is 29.4. The van der Waals surface area contributed by atoms with Gasteiger partial charge in [0, 0.05) is 22.6 Å². The van der Waals surface area contributed by atoms with Gasteiger partial charge in [0.05, 0.1) is 10.8 Å². The summed E-state index contributed by atoms with van der Waals surface area (Å²) in [5.74, 6) is -0.577. The van der Waals surface area contributed by atoms with Gasteiger partial charge in [0.25, 0.3) is 0 Å². The first-order chi connectivity index (χ1) is 10.6. The zero-order valence-electron chi connectivity index (χ0n) is 11.9. The van der Waals surface area contributed by atoms with Crippen LogP contribution in [0.4, 0.5) is 8.78 Å². The second-order valence-electron chi connectivity index (χ2n) is 5.40. The zero-order chi connectivity index (χ0) is 15.3. The van der Waals surface area contributed by atoms with E-state index in [4.69, 9.17) is 0 Å². The Morgan fingerprint density at radius 3 is 1.68 bits per heavy atom. The monoisotopic (exact) mass is 311 g/mol. The molecule has 4 rings (SSSR count). The molecule has 3 aromatic carbocycles. The van der Waals surface area contributed by atoms with Crippen LogP contribution in [0, 0.1) is 18.6 Å². The van der Waals surface area contributed by atoms with E-state index >= 15 is 0 Å². The summed E-state index contributed by atoms with van der Waals surface area (Å²) in [7, 11) is -0.299. The van der Waals surface area contributed by atoms with Crippen molar-refractivity contribution >= 4 is 30.6 Å². The van der Waals surface area contributed by atoms with Gasteiger partial charge in [-0.05, 0) is 43.3 Å². The average molecular weight is 311 g/mol. The minimum atomic E-state index is -0.299. The number of fused-ring (bicyclic) bond motifs is 3. The van der Waals surface area contributed by atoms with E-state index in [1.54, 1.807) is 0 Å². The van der Waals surface area contributed by atoms with Gasteiger partial charge in [-0.1, -0.05) is 17.7 Å². The molecular weight excluding hydrogens is 298 g/mol. The van der Waals surface area contributed by atoms with Gasteiger partial charge < -0.3 is 0 Å². The second-order valence-corrected chi connectivity index (χ2v) is 7.36. The van der Waals surface area contributed by atoms with Crippen molar-refractivity contribution in [3.63, 3.8) is 0 Å². The molecule has 0 aliphatic heterocycles. The van der Waals surface area contributed by atoms with Crippen molar-refractivity contribution in [3.8, 4) is 4.90 Å². The molecule has 0 N–H and O–H groups in total. The molecule has 0 aliphatic rings.